The number of nitrogens with one attached hydrogen (secondary N) is 3. The fourth-order valence-corrected chi connectivity index (χ4v) is 2.96. The Bertz CT molecular complexity index is 892. The van der Waals surface area contributed by atoms with Crippen molar-refractivity contribution in [2.24, 2.45) is 0 Å². The molecule has 0 saturated heterocycles. The Labute approximate surface area is 179 Å². The number of aromatic nitrogens is 4. The van der Waals surface area contributed by atoms with Crippen LogP contribution in [-0.2, 0) is 19.5 Å². The van der Waals surface area contributed by atoms with E-state index in [1.54, 1.807) is 18.6 Å². The lowest BCUT2D eigenvalue weighted by atomic mass is 10.1. The van der Waals surface area contributed by atoms with Gasteiger partial charge >= 0.3 is 0 Å². The van der Waals surface area contributed by atoms with Gasteiger partial charge in [-0.2, -0.15) is 0 Å². The van der Waals surface area contributed by atoms with Crippen LogP contribution in [0.4, 0.5) is 5.82 Å². The molecular formula is C23H33N7. The third-order valence-electron chi connectivity index (χ3n) is 4.80. The number of hydrogen-bond donors (Lipinski definition) is 3. The molecular weight excluding hydrogens is 374 g/mol. The Balaban J connectivity index is 0.000000235. The largest absolute Gasteiger partial charge is 0.349 e. The molecule has 0 fully saturated rings. The average molecular weight is 408 g/mol. The summed E-state index contributed by atoms with van der Waals surface area (Å²) in [4.78, 5) is 18.6. The molecule has 7 heteroatoms. The van der Waals surface area contributed by atoms with E-state index in [0.29, 0.717) is 0 Å². The van der Waals surface area contributed by atoms with E-state index in [1.165, 1.54) is 23.2 Å². The molecule has 0 saturated carbocycles. The molecule has 2 aromatic heterocycles. The predicted octanol–water partition coefficient (Wildman–Crippen LogP) is 3.98. The lowest BCUT2D eigenvalue weighted by Crippen LogP contribution is -2.31. The smallest absolute Gasteiger partial charge is 0.147 e. The number of allylic oxidation sites excluding steroid dienone is 6. The quantitative estimate of drug-likeness (QED) is 0.477. The van der Waals surface area contributed by atoms with E-state index in [9.17, 15) is 0 Å². The lowest BCUT2D eigenvalue weighted by molar-refractivity contribution is 0.691. The van der Waals surface area contributed by atoms with Gasteiger partial charge in [-0.1, -0.05) is 25.2 Å². The van der Waals surface area contributed by atoms with E-state index in [-0.39, 0.29) is 0 Å². The van der Waals surface area contributed by atoms with Gasteiger partial charge in [0.05, 0.1) is 36.2 Å². The van der Waals surface area contributed by atoms with Gasteiger partial charge < -0.3 is 20.6 Å². The molecule has 2 aromatic rings. The molecule has 0 radical (unpaired) electrons. The van der Waals surface area contributed by atoms with Crippen molar-refractivity contribution in [3.63, 3.8) is 0 Å². The predicted molar refractivity (Wildman–Crippen MR) is 124 cm³/mol. The maximum absolute atomic E-state index is 6.89. The molecule has 0 aliphatic carbocycles. The molecule has 0 unspecified atom stereocenters. The number of nitrogens with zero attached hydrogens (tertiary/aromatic N) is 4. The fraction of sp³-hybridized carbons (Fsp3) is 0.391. The Morgan fingerprint density at radius 3 is 2.80 bits per heavy atom. The van der Waals surface area contributed by atoms with Gasteiger partial charge in [0.25, 0.3) is 0 Å². The van der Waals surface area contributed by atoms with Crippen molar-refractivity contribution in [2.45, 2.75) is 46.7 Å². The summed E-state index contributed by atoms with van der Waals surface area (Å²) in [5.74, 6) is 0.933. The highest BCUT2D eigenvalue weighted by molar-refractivity contribution is 5.70. The second kappa shape index (κ2) is 12.5. The highest BCUT2D eigenvalue weighted by Gasteiger charge is 2.19. The highest BCUT2D eigenvalue weighted by Crippen LogP contribution is 2.20. The number of rotatable bonds is 7. The van der Waals surface area contributed by atoms with Crippen LogP contribution in [0.15, 0.2) is 54.2 Å². The average Bonchev–Trinajstić information content (AvgIpc) is 3.23. The van der Waals surface area contributed by atoms with Crippen LogP contribution in [0.5, 0.6) is 0 Å². The Hall–Kier alpha value is -3.06. The lowest BCUT2D eigenvalue weighted by Gasteiger charge is -2.27. The standard InChI is InChI=1S/C12H16N6.C11H17N/c1-13-4-9-5-14-6-12(17-9)18-3-2-10-11(7-18)16-8-15-10;1-4-5-6-7-10(2)11(3)8-9-12/h5-6,8,13H,2-4,7H2,1H3,(H,15,16);5-9,12H,4H2,1-3H3/b;6-5-,10-7-,11-8+,12-9?. The number of hydrogen-bond acceptors (Lipinski definition) is 6. The van der Waals surface area contributed by atoms with Gasteiger partial charge in [-0.15, -0.1) is 0 Å². The van der Waals surface area contributed by atoms with E-state index in [1.807, 2.05) is 20.2 Å². The van der Waals surface area contributed by atoms with Crippen molar-refractivity contribution in [1.29, 1.82) is 5.41 Å². The van der Waals surface area contributed by atoms with E-state index < -0.39 is 0 Å². The molecule has 1 aliphatic rings. The zero-order valence-corrected chi connectivity index (χ0v) is 18.4. The number of H-pyrrole nitrogens is 1. The third kappa shape index (κ3) is 7.08. The van der Waals surface area contributed by atoms with E-state index in [0.717, 1.165) is 49.6 Å². The van der Waals surface area contributed by atoms with Gasteiger partial charge in [0, 0.05) is 31.9 Å². The van der Waals surface area contributed by atoms with Crippen LogP contribution < -0.4 is 10.2 Å². The molecule has 30 heavy (non-hydrogen) atoms. The summed E-state index contributed by atoms with van der Waals surface area (Å²) in [5.41, 5.74) is 5.67. The summed E-state index contributed by atoms with van der Waals surface area (Å²) in [5, 5.41) is 9.98. The van der Waals surface area contributed by atoms with Crippen LogP contribution in [-0.4, -0.2) is 39.7 Å². The van der Waals surface area contributed by atoms with E-state index in [2.05, 4.69) is 62.2 Å². The minimum atomic E-state index is 0.740. The van der Waals surface area contributed by atoms with Crippen molar-refractivity contribution in [3.8, 4) is 0 Å². The SMILES string of the molecule is CC\C=C/C=C(C)\C(C)=C\C=N.CNCc1cncc(N2CCc3nc[nH]c3C2)n1. The van der Waals surface area contributed by atoms with Crippen LogP contribution in [0, 0.1) is 5.41 Å². The zero-order valence-electron chi connectivity index (χ0n) is 18.4. The first kappa shape index (κ1) is 23.2. The summed E-state index contributed by atoms with van der Waals surface area (Å²) < 4.78 is 0. The van der Waals surface area contributed by atoms with Crippen molar-refractivity contribution >= 4 is 12.0 Å². The maximum Gasteiger partial charge on any atom is 0.147 e. The maximum atomic E-state index is 6.89. The van der Waals surface area contributed by atoms with Crippen LogP contribution in [0.2, 0.25) is 0 Å². The molecule has 0 amide bonds. The number of aromatic amines is 1. The summed E-state index contributed by atoms with van der Waals surface area (Å²) in [6, 6.07) is 0. The topological polar surface area (TPSA) is 93.6 Å². The first-order valence-corrected chi connectivity index (χ1v) is 10.3. The molecule has 0 spiro atoms. The summed E-state index contributed by atoms with van der Waals surface area (Å²) in [7, 11) is 1.91. The Morgan fingerprint density at radius 1 is 1.27 bits per heavy atom. The highest BCUT2D eigenvalue weighted by atomic mass is 15.2. The molecule has 7 nitrogen and oxygen atoms in total. The van der Waals surface area contributed by atoms with E-state index >= 15 is 0 Å². The van der Waals surface area contributed by atoms with Crippen LogP contribution in [0.1, 0.15) is 44.3 Å². The summed E-state index contributed by atoms with van der Waals surface area (Å²) >= 11 is 0. The van der Waals surface area contributed by atoms with Crippen molar-refractivity contribution in [1.82, 2.24) is 25.3 Å². The zero-order chi connectivity index (χ0) is 21.8. The number of anilines is 1. The van der Waals surface area contributed by atoms with Gasteiger partial charge in [0.1, 0.15) is 5.82 Å². The van der Waals surface area contributed by atoms with Crippen molar-refractivity contribution in [3.05, 3.63) is 71.3 Å². The minimum absolute atomic E-state index is 0.740. The molecule has 1 aliphatic heterocycles. The van der Waals surface area contributed by atoms with Gasteiger partial charge in [-0.25, -0.2) is 9.97 Å². The van der Waals surface area contributed by atoms with Crippen LogP contribution in [0.3, 0.4) is 0 Å². The monoisotopic (exact) mass is 407 g/mol. The van der Waals surface area contributed by atoms with Crippen molar-refractivity contribution < 1.29 is 0 Å². The molecule has 0 aromatic carbocycles. The van der Waals surface area contributed by atoms with Crippen LogP contribution in [0.25, 0.3) is 0 Å². The third-order valence-corrected chi connectivity index (χ3v) is 4.80. The van der Waals surface area contributed by atoms with Crippen LogP contribution >= 0.6 is 0 Å². The first-order valence-electron chi connectivity index (χ1n) is 10.3. The summed E-state index contributed by atoms with van der Waals surface area (Å²) in [6.07, 6.45) is 16.7. The van der Waals surface area contributed by atoms with Crippen molar-refractivity contribution in [2.75, 3.05) is 18.5 Å². The minimum Gasteiger partial charge on any atom is -0.349 e. The Morgan fingerprint density at radius 2 is 2.07 bits per heavy atom. The van der Waals surface area contributed by atoms with Gasteiger partial charge in [0.2, 0.25) is 0 Å². The van der Waals surface area contributed by atoms with Gasteiger partial charge in [-0.3, -0.25) is 4.98 Å². The second-order valence-electron chi connectivity index (χ2n) is 7.10. The van der Waals surface area contributed by atoms with E-state index in [4.69, 9.17) is 5.41 Å². The molecule has 3 heterocycles. The normalized spacial score (nSPS) is 14.3. The molecule has 0 atom stereocenters. The molecule has 160 valence electrons. The molecule has 0 bridgehead atoms. The van der Waals surface area contributed by atoms with Gasteiger partial charge in [-0.05, 0) is 44.5 Å². The fourth-order valence-electron chi connectivity index (χ4n) is 2.96. The molecule has 3 N–H and O–H groups in total. The Kier molecular flexibility index (Phi) is 9.67. The molecule has 3 rings (SSSR count). The second-order valence-corrected chi connectivity index (χ2v) is 7.10. The van der Waals surface area contributed by atoms with Gasteiger partial charge in [0.15, 0.2) is 0 Å². The number of fused-ring (bicyclic) bond motifs is 1. The number of imidazole rings is 1. The first-order chi connectivity index (χ1) is 14.6. The summed E-state index contributed by atoms with van der Waals surface area (Å²) in [6.45, 7) is 8.68.